The molecule has 0 aromatic heterocycles. The molecule has 0 spiro atoms. The first-order valence-electron chi connectivity index (χ1n) is 33.2. The van der Waals surface area contributed by atoms with Crippen LogP contribution in [0.4, 0.5) is 0 Å². The minimum Gasteiger partial charge on any atom is -0.394 e. The zero-order valence-corrected chi connectivity index (χ0v) is 56.1. The standard InChI is InChI=1S/C58H98N4O42/c1-15-30(74)38(82)41(85)55(91-15)104-50-39(83)32(76)21(7-65)96-58(50)101-46-28(61-17(3)72)51(92-22(8-66)33(46)77)90-13-26-36(80)49(102-52-27(60-16(2)71)37(81)31(75)20(6-64)93-52)44(88)57(98-26)100-47-29(62-18(4)73)53(94-23(9-67)34(47)78)103-48-35(79)24(10-68)95-56(43(48)87)99-45-25(11-69)97-54(42(86)40(45)84)89-12-19(5-63)59-14-70/h14-15,19-58,63-69,74-88H,5-13H2,1-4H3,(H,59,70)(H,60,71)(H,61,72)(H,62,73)/t15-,19+,20+,21+,22+,23+,24+,25+,26+,27+,28+,29+,30+,31+,32-,33+,34+,35-,36-,37+,38+,39-,40+,41-,42+,43+,44+,45+,46+,47+,48-,49-,50+,51+,52-,53-,54+,55-,56-,57-,58-/m0/s1. The van der Waals surface area contributed by atoms with E-state index in [0.29, 0.717) is 0 Å². The largest absolute Gasteiger partial charge is 0.394 e. The van der Waals surface area contributed by atoms with Crippen molar-refractivity contribution in [2.75, 3.05) is 59.5 Å². The SMILES string of the molecule is CC(=O)N[C@H]1[C@H](O[C@H]2[C@@H](O)[C@@H](CO[C@@H]3O[C@H](CO)[C@@H](O)[C@H](O[C@@H]4O[C@H](CO)[C@H](O)[C@H](O)[C@H]4O[C@@H]4O[C@@H](C)[C@@H](O)[C@@H](O)[C@@H]4O)[C@H]3NC(C)=O)O[C@@H](O[C@H]3[C@H](O)[C@@H](CO)O[C@@H](O[C@H]4[C@@H](O)[C@@H](CO)O[C@@H](O[C@H]5[C@H](O)[C@@H](O)[C@H](OC[C@@H](CO)NC=O)O[C@@H]5CO)[C@@H]4O)[C@@H]3NC(C)=O)[C@@H]2O)O[C@H](CO)[C@@H](O)[C@@H]1O. The summed E-state index contributed by atoms with van der Waals surface area (Å²) in [5.74, 6) is -2.78. The Hall–Kier alpha value is -3.64. The molecule has 26 N–H and O–H groups in total. The molecule has 602 valence electrons. The van der Waals surface area contributed by atoms with E-state index in [4.69, 9.17) is 75.8 Å². The summed E-state index contributed by atoms with van der Waals surface area (Å²) in [4.78, 5) is 50.0. The Morgan fingerprint density at radius 1 is 0.337 bits per heavy atom. The van der Waals surface area contributed by atoms with Crippen LogP contribution in [0, 0.1) is 0 Å². The first-order chi connectivity index (χ1) is 49.3. The Labute approximate surface area is 590 Å². The molecule has 0 saturated carbocycles. The third-order valence-corrected chi connectivity index (χ3v) is 18.8. The van der Waals surface area contributed by atoms with Crippen molar-refractivity contribution in [2.24, 2.45) is 0 Å². The highest BCUT2D eigenvalue weighted by Gasteiger charge is 2.60. The van der Waals surface area contributed by atoms with Gasteiger partial charge in [0.2, 0.25) is 24.1 Å². The molecule has 104 heavy (non-hydrogen) atoms. The van der Waals surface area contributed by atoms with Crippen molar-refractivity contribution in [1.29, 1.82) is 0 Å². The monoisotopic (exact) mass is 1520 g/mol. The molecule has 41 atom stereocenters. The van der Waals surface area contributed by atoms with Crippen LogP contribution in [0.2, 0.25) is 0 Å². The molecule has 4 amide bonds. The molecular formula is C58H98N4O42. The van der Waals surface area contributed by atoms with Crippen molar-refractivity contribution in [1.82, 2.24) is 21.3 Å². The lowest BCUT2D eigenvalue weighted by Crippen LogP contribution is -2.71. The van der Waals surface area contributed by atoms with E-state index in [-0.39, 0.29) is 6.41 Å². The Morgan fingerprint density at radius 2 is 0.692 bits per heavy atom. The molecule has 46 heteroatoms. The number of amides is 4. The average Bonchev–Trinajstić information content (AvgIpc) is 0.773. The highest BCUT2D eigenvalue weighted by molar-refractivity contribution is 5.74. The second-order valence-electron chi connectivity index (χ2n) is 26.1. The van der Waals surface area contributed by atoms with Crippen molar-refractivity contribution >= 4 is 24.1 Å². The van der Waals surface area contributed by atoms with Crippen molar-refractivity contribution in [2.45, 2.75) is 279 Å². The third-order valence-electron chi connectivity index (χ3n) is 18.8. The number of nitrogens with one attached hydrogen (secondary N) is 4. The van der Waals surface area contributed by atoms with E-state index < -0.39 is 329 Å². The fourth-order valence-electron chi connectivity index (χ4n) is 13.1. The van der Waals surface area contributed by atoms with Crippen LogP contribution in [-0.4, -0.2) is 447 Å². The third kappa shape index (κ3) is 19.4. The molecule has 0 radical (unpaired) electrons. The van der Waals surface area contributed by atoms with E-state index in [2.05, 4.69) is 21.3 Å². The quantitative estimate of drug-likeness (QED) is 0.0297. The van der Waals surface area contributed by atoms with Crippen LogP contribution in [-0.2, 0) is 95.0 Å². The summed E-state index contributed by atoms with van der Waals surface area (Å²) in [5, 5.41) is 253. The molecule has 46 nitrogen and oxygen atoms in total. The van der Waals surface area contributed by atoms with E-state index in [9.17, 15) is 132 Å². The zero-order chi connectivity index (χ0) is 76.6. The van der Waals surface area contributed by atoms with Crippen LogP contribution < -0.4 is 21.3 Å². The predicted octanol–water partition coefficient (Wildman–Crippen LogP) is -17.9. The van der Waals surface area contributed by atoms with Crippen LogP contribution in [0.3, 0.4) is 0 Å². The van der Waals surface area contributed by atoms with Crippen molar-refractivity contribution in [3.05, 3.63) is 0 Å². The molecule has 8 heterocycles. The highest BCUT2D eigenvalue weighted by Crippen LogP contribution is 2.39. The number of hydrogen-bond acceptors (Lipinski definition) is 42. The summed E-state index contributed by atoms with van der Waals surface area (Å²) in [6, 6.07) is -6.67. The molecular weight excluding hydrogens is 1420 g/mol. The molecule has 0 bridgehead atoms. The number of carbonyl (C=O) groups is 4. The molecule has 0 aromatic rings. The minimum absolute atomic E-state index is 0.252. The summed E-state index contributed by atoms with van der Waals surface area (Å²) < 4.78 is 94.4. The van der Waals surface area contributed by atoms with Gasteiger partial charge in [-0.25, -0.2) is 0 Å². The predicted molar refractivity (Wildman–Crippen MR) is 322 cm³/mol. The fourth-order valence-corrected chi connectivity index (χ4v) is 13.1. The summed E-state index contributed by atoms with van der Waals surface area (Å²) >= 11 is 0. The van der Waals surface area contributed by atoms with Gasteiger partial charge < -0.3 is 209 Å². The number of aliphatic hydroxyl groups excluding tert-OH is 22. The Bertz CT molecular complexity index is 2680. The van der Waals surface area contributed by atoms with E-state index in [1.807, 2.05) is 0 Å². The van der Waals surface area contributed by atoms with Gasteiger partial charge in [-0.2, -0.15) is 0 Å². The lowest BCUT2D eigenvalue weighted by molar-refractivity contribution is -0.388. The van der Waals surface area contributed by atoms with Gasteiger partial charge in [-0.15, -0.1) is 0 Å². The van der Waals surface area contributed by atoms with Gasteiger partial charge in [-0.1, -0.05) is 0 Å². The molecule has 8 fully saturated rings. The lowest BCUT2D eigenvalue weighted by atomic mass is 9.93. The maximum absolute atomic E-state index is 13.3. The Morgan fingerprint density at radius 3 is 1.19 bits per heavy atom. The molecule has 0 unspecified atom stereocenters. The minimum atomic E-state index is -2.45. The molecule has 8 saturated heterocycles. The van der Waals surface area contributed by atoms with Gasteiger partial charge in [0.1, 0.15) is 189 Å². The number of aliphatic hydroxyl groups is 22. The van der Waals surface area contributed by atoms with Crippen molar-refractivity contribution in [3.63, 3.8) is 0 Å². The van der Waals surface area contributed by atoms with E-state index in [1.165, 1.54) is 6.92 Å². The van der Waals surface area contributed by atoms with E-state index >= 15 is 0 Å². The summed E-state index contributed by atoms with van der Waals surface area (Å²) in [6.45, 7) is -4.43. The normalized spacial score (nSPS) is 47.6. The average molecular weight is 1520 g/mol. The van der Waals surface area contributed by atoms with Crippen LogP contribution >= 0.6 is 0 Å². The van der Waals surface area contributed by atoms with Gasteiger partial charge in [-0.05, 0) is 6.92 Å². The zero-order valence-electron chi connectivity index (χ0n) is 56.1. The number of hydrogen-bond donors (Lipinski definition) is 26. The molecule has 8 rings (SSSR count). The first-order valence-corrected chi connectivity index (χ1v) is 33.2. The van der Waals surface area contributed by atoms with Crippen LogP contribution in [0.5, 0.6) is 0 Å². The maximum atomic E-state index is 13.3. The Kier molecular flexibility index (Phi) is 31.7. The van der Waals surface area contributed by atoms with Gasteiger partial charge in [-0.3, -0.25) is 19.2 Å². The molecule has 8 aliphatic rings. The second-order valence-corrected chi connectivity index (χ2v) is 26.1. The van der Waals surface area contributed by atoms with E-state index in [0.717, 1.165) is 20.8 Å². The Balaban J connectivity index is 1.10. The van der Waals surface area contributed by atoms with Crippen LogP contribution in [0.15, 0.2) is 0 Å². The van der Waals surface area contributed by atoms with Gasteiger partial charge >= 0.3 is 0 Å². The number of carbonyl (C=O) groups excluding carboxylic acids is 4. The van der Waals surface area contributed by atoms with Crippen LogP contribution in [0.1, 0.15) is 27.7 Å². The van der Waals surface area contributed by atoms with Crippen molar-refractivity contribution in [3.8, 4) is 0 Å². The fraction of sp³-hybridized carbons (Fsp3) is 0.931. The lowest BCUT2D eigenvalue weighted by Gasteiger charge is -2.51. The number of ether oxygens (including phenoxy) is 16. The van der Waals surface area contributed by atoms with Crippen LogP contribution in [0.25, 0.3) is 0 Å². The molecule has 0 aromatic carbocycles. The maximum Gasteiger partial charge on any atom is 0.217 e. The summed E-state index contributed by atoms with van der Waals surface area (Å²) in [6.07, 6.45) is -73.9. The number of rotatable bonds is 30. The summed E-state index contributed by atoms with van der Waals surface area (Å²) in [7, 11) is 0. The van der Waals surface area contributed by atoms with Crippen molar-refractivity contribution < 1.29 is 207 Å². The van der Waals surface area contributed by atoms with Gasteiger partial charge in [0.25, 0.3) is 0 Å². The topological polar surface area (TPSA) is 709 Å². The van der Waals surface area contributed by atoms with Gasteiger partial charge in [0.15, 0.2) is 50.3 Å². The van der Waals surface area contributed by atoms with E-state index in [1.54, 1.807) is 0 Å². The first kappa shape index (κ1) is 86.0. The highest BCUT2D eigenvalue weighted by atomic mass is 16.8. The van der Waals surface area contributed by atoms with Gasteiger partial charge in [0.05, 0.1) is 71.6 Å². The van der Waals surface area contributed by atoms with Gasteiger partial charge in [0, 0.05) is 20.8 Å². The second kappa shape index (κ2) is 38.3. The smallest absolute Gasteiger partial charge is 0.217 e. The molecule has 8 aliphatic heterocycles. The summed E-state index contributed by atoms with van der Waals surface area (Å²) in [5.41, 5.74) is 0. The molecule has 0 aliphatic carbocycles.